The van der Waals surface area contributed by atoms with Crippen LogP contribution in [0.4, 0.5) is 0 Å². The summed E-state index contributed by atoms with van der Waals surface area (Å²) in [6, 6.07) is 5.73. The molecule has 5 nitrogen and oxygen atoms in total. The number of ether oxygens (including phenoxy) is 2. The summed E-state index contributed by atoms with van der Waals surface area (Å²) in [5.74, 6) is 1.40. The number of aryl methyl sites for hydroxylation is 1. The first-order chi connectivity index (χ1) is 10.9. The lowest BCUT2D eigenvalue weighted by molar-refractivity contribution is 0.204. The summed E-state index contributed by atoms with van der Waals surface area (Å²) in [6.07, 6.45) is 3.46. The van der Waals surface area contributed by atoms with Crippen molar-refractivity contribution in [3.8, 4) is 11.5 Å². The highest BCUT2D eigenvalue weighted by Gasteiger charge is 2.34. The first kappa shape index (κ1) is 18.1. The third-order valence-corrected chi connectivity index (χ3v) is 6.61. The lowest BCUT2D eigenvalue weighted by Gasteiger charge is -2.37. The van der Waals surface area contributed by atoms with Crippen molar-refractivity contribution in [2.75, 3.05) is 20.0 Å². The molecule has 0 bridgehead atoms. The van der Waals surface area contributed by atoms with Crippen LogP contribution in [0.2, 0.25) is 0 Å². The van der Waals surface area contributed by atoms with Crippen molar-refractivity contribution in [3.05, 3.63) is 23.8 Å². The second kappa shape index (κ2) is 7.53. The van der Waals surface area contributed by atoms with Gasteiger partial charge in [-0.25, -0.2) is 8.42 Å². The highest BCUT2D eigenvalue weighted by atomic mass is 32.2. The molecular weight excluding hydrogens is 314 g/mol. The fourth-order valence-corrected chi connectivity index (χ4v) is 5.35. The topological polar surface area (TPSA) is 55.8 Å². The molecule has 2 atom stereocenters. The average molecular weight is 341 g/mol. The normalized spacial score (nSPS) is 22.8. The molecule has 1 aromatic carbocycles. The zero-order valence-electron chi connectivity index (χ0n) is 14.4. The van der Waals surface area contributed by atoms with E-state index in [-0.39, 0.29) is 17.8 Å². The van der Waals surface area contributed by atoms with Gasteiger partial charge in [-0.15, -0.1) is 0 Å². The number of hydrogen-bond donors (Lipinski definition) is 0. The molecule has 2 rings (SSSR count). The fraction of sp³-hybridized carbons (Fsp3) is 0.647. The van der Waals surface area contributed by atoms with E-state index in [9.17, 15) is 8.42 Å². The van der Waals surface area contributed by atoms with Gasteiger partial charge in [0.05, 0.1) is 20.0 Å². The Morgan fingerprint density at radius 1 is 1.09 bits per heavy atom. The Hall–Kier alpha value is -1.27. The molecule has 1 fully saturated rings. The van der Waals surface area contributed by atoms with E-state index >= 15 is 0 Å². The van der Waals surface area contributed by atoms with Crippen molar-refractivity contribution in [2.45, 2.75) is 51.6 Å². The maximum absolute atomic E-state index is 12.7. The van der Waals surface area contributed by atoms with Gasteiger partial charge >= 0.3 is 0 Å². The van der Waals surface area contributed by atoms with Crippen LogP contribution in [0, 0.1) is 0 Å². The molecule has 2 unspecified atom stereocenters. The molecule has 0 spiro atoms. The van der Waals surface area contributed by atoms with E-state index in [2.05, 4.69) is 0 Å². The lowest BCUT2D eigenvalue weighted by Crippen LogP contribution is -2.48. The summed E-state index contributed by atoms with van der Waals surface area (Å²) in [7, 11) is -0.0906. The molecule has 1 heterocycles. The molecule has 23 heavy (non-hydrogen) atoms. The van der Waals surface area contributed by atoms with Crippen LogP contribution in [-0.4, -0.2) is 44.8 Å². The molecule has 1 aliphatic rings. The van der Waals surface area contributed by atoms with E-state index in [1.165, 1.54) is 0 Å². The number of rotatable bonds is 6. The molecule has 0 amide bonds. The highest BCUT2D eigenvalue weighted by molar-refractivity contribution is 7.89. The lowest BCUT2D eigenvalue weighted by atomic mass is 10.0. The summed E-state index contributed by atoms with van der Waals surface area (Å²) < 4.78 is 37.6. The van der Waals surface area contributed by atoms with Crippen molar-refractivity contribution >= 4 is 10.0 Å². The van der Waals surface area contributed by atoms with Gasteiger partial charge in [0.1, 0.15) is 0 Å². The summed E-state index contributed by atoms with van der Waals surface area (Å²) >= 11 is 0. The van der Waals surface area contributed by atoms with Crippen molar-refractivity contribution in [1.29, 1.82) is 0 Å². The van der Waals surface area contributed by atoms with Gasteiger partial charge in [-0.05, 0) is 50.8 Å². The van der Waals surface area contributed by atoms with E-state index in [0.29, 0.717) is 17.9 Å². The molecule has 0 radical (unpaired) electrons. The van der Waals surface area contributed by atoms with Gasteiger partial charge in [0, 0.05) is 12.1 Å². The summed E-state index contributed by atoms with van der Waals surface area (Å²) in [5.41, 5.74) is 0.934. The zero-order chi connectivity index (χ0) is 17.0. The monoisotopic (exact) mass is 341 g/mol. The predicted molar refractivity (Wildman–Crippen MR) is 91.7 cm³/mol. The average Bonchev–Trinajstić information content (AvgIpc) is 2.52. The first-order valence-corrected chi connectivity index (χ1v) is 9.72. The molecular formula is C17H27NO4S. The SMILES string of the molecule is COc1ccc(CCS(=O)(=O)N2C(C)CCCC2C)cc1OC. The molecule has 1 saturated heterocycles. The van der Waals surface area contributed by atoms with Crippen LogP contribution in [0.1, 0.15) is 38.7 Å². The minimum atomic E-state index is -3.25. The second-order valence-electron chi connectivity index (χ2n) is 6.21. The maximum atomic E-state index is 12.7. The number of benzene rings is 1. The number of nitrogens with zero attached hydrogens (tertiary/aromatic N) is 1. The van der Waals surface area contributed by atoms with Gasteiger partial charge in [0.15, 0.2) is 11.5 Å². The molecule has 130 valence electrons. The van der Waals surface area contributed by atoms with E-state index in [1.807, 2.05) is 32.0 Å². The number of sulfonamides is 1. The Balaban J connectivity index is 2.10. The molecule has 1 aliphatic heterocycles. The smallest absolute Gasteiger partial charge is 0.214 e. The Morgan fingerprint density at radius 3 is 2.26 bits per heavy atom. The Labute approximate surface area is 139 Å². The van der Waals surface area contributed by atoms with E-state index in [1.54, 1.807) is 18.5 Å². The molecule has 0 aromatic heterocycles. The maximum Gasteiger partial charge on any atom is 0.214 e. The molecule has 6 heteroatoms. The first-order valence-electron chi connectivity index (χ1n) is 8.11. The van der Waals surface area contributed by atoms with Crippen LogP contribution in [0.15, 0.2) is 18.2 Å². The molecule has 0 saturated carbocycles. The fourth-order valence-electron chi connectivity index (χ4n) is 3.33. The largest absolute Gasteiger partial charge is 0.493 e. The second-order valence-corrected chi connectivity index (χ2v) is 8.21. The summed E-state index contributed by atoms with van der Waals surface area (Å²) in [6.45, 7) is 4.01. The van der Waals surface area contributed by atoms with Crippen LogP contribution in [0.3, 0.4) is 0 Å². The van der Waals surface area contributed by atoms with Gasteiger partial charge in [0.2, 0.25) is 10.0 Å². The highest BCUT2D eigenvalue weighted by Crippen LogP contribution is 2.29. The van der Waals surface area contributed by atoms with Crippen LogP contribution in [0.25, 0.3) is 0 Å². The number of piperidine rings is 1. The van der Waals surface area contributed by atoms with Gasteiger partial charge in [0.25, 0.3) is 0 Å². The quantitative estimate of drug-likeness (QED) is 0.798. The van der Waals surface area contributed by atoms with Gasteiger partial charge in [-0.2, -0.15) is 4.31 Å². The molecule has 0 N–H and O–H groups in total. The van der Waals surface area contributed by atoms with Crippen LogP contribution < -0.4 is 9.47 Å². The summed E-state index contributed by atoms with van der Waals surface area (Å²) in [4.78, 5) is 0. The molecule has 1 aromatic rings. The molecule has 0 aliphatic carbocycles. The Bertz CT molecular complexity index is 619. The van der Waals surface area contributed by atoms with Crippen LogP contribution in [0.5, 0.6) is 11.5 Å². The predicted octanol–water partition coefficient (Wildman–Crippen LogP) is 2.84. The van der Waals surface area contributed by atoms with E-state index in [4.69, 9.17) is 9.47 Å². The minimum Gasteiger partial charge on any atom is -0.493 e. The third-order valence-electron chi connectivity index (χ3n) is 4.53. The van der Waals surface area contributed by atoms with Crippen molar-refractivity contribution in [2.24, 2.45) is 0 Å². The van der Waals surface area contributed by atoms with Crippen molar-refractivity contribution in [1.82, 2.24) is 4.31 Å². The van der Waals surface area contributed by atoms with Gasteiger partial charge < -0.3 is 9.47 Å². The Kier molecular flexibility index (Phi) is 5.92. The zero-order valence-corrected chi connectivity index (χ0v) is 15.2. The van der Waals surface area contributed by atoms with Crippen LogP contribution in [-0.2, 0) is 16.4 Å². The summed E-state index contributed by atoms with van der Waals surface area (Å²) in [5, 5.41) is 0. The van der Waals surface area contributed by atoms with E-state index in [0.717, 1.165) is 24.8 Å². The van der Waals surface area contributed by atoms with Crippen LogP contribution >= 0.6 is 0 Å². The standard InChI is InChI=1S/C17H27NO4S/c1-13-6-5-7-14(2)18(13)23(19,20)11-10-15-8-9-16(21-3)17(12-15)22-4/h8-9,12-14H,5-7,10-11H2,1-4H3. The van der Waals surface area contributed by atoms with Gasteiger partial charge in [-0.1, -0.05) is 12.5 Å². The van der Waals surface area contributed by atoms with Crippen molar-refractivity contribution < 1.29 is 17.9 Å². The minimum absolute atomic E-state index is 0.0918. The van der Waals surface area contributed by atoms with E-state index < -0.39 is 10.0 Å². The number of hydrogen-bond acceptors (Lipinski definition) is 4. The number of methoxy groups -OCH3 is 2. The van der Waals surface area contributed by atoms with Gasteiger partial charge in [-0.3, -0.25) is 0 Å². The Morgan fingerprint density at radius 2 is 1.70 bits per heavy atom. The third kappa shape index (κ3) is 4.18. The van der Waals surface area contributed by atoms with Crippen molar-refractivity contribution in [3.63, 3.8) is 0 Å².